The summed E-state index contributed by atoms with van der Waals surface area (Å²) in [5, 5.41) is 12.6. The fraction of sp³-hybridized carbons (Fsp3) is 0.357. The molecule has 0 aliphatic carbocycles. The van der Waals surface area contributed by atoms with Gasteiger partial charge < -0.3 is 14.4 Å². The minimum atomic E-state index is -0.826. The lowest BCUT2D eigenvalue weighted by molar-refractivity contribution is -0.137. The van der Waals surface area contributed by atoms with Crippen LogP contribution in [0.3, 0.4) is 0 Å². The fourth-order valence-electron chi connectivity index (χ4n) is 1.86. The third-order valence-electron chi connectivity index (χ3n) is 2.86. The maximum Gasteiger partial charge on any atom is 0.303 e. The molecule has 6 nitrogen and oxygen atoms in total. The molecule has 0 aliphatic rings. The molecule has 1 unspecified atom stereocenters. The summed E-state index contributed by atoms with van der Waals surface area (Å²) in [6.07, 6.45) is 0.537. The summed E-state index contributed by atoms with van der Waals surface area (Å²) in [5.74, 6) is 0.825. The standard InChI is InChI=1S/C14H16N2O4/c1-9(8-13(17)18)7-12-15-14(16-20-12)10-3-5-11(19-2)6-4-10/h3-6,9H,7-8H2,1-2H3,(H,17,18). The summed E-state index contributed by atoms with van der Waals surface area (Å²) < 4.78 is 10.2. The third kappa shape index (κ3) is 3.57. The van der Waals surface area contributed by atoms with Gasteiger partial charge in [0, 0.05) is 18.4 Å². The quantitative estimate of drug-likeness (QED) is 0.872. The van der Waals surface area contributed by atoms with Crippen molar-refractivity contribution in [1.82, 2.24) is 10.1 Å². The van der Waals surface area contributed by atoms with Crippen LogP contribution < -0.4 is 4.74 Å². The summed E-state index contributed by atoms with van der Waals surface area (Å²) in [6, 6.07) is 7.32. The molecule has 0 aliphatic heterocycles. The Labute approximate surface area is 116 Å². The summed E-state index contributed by atoms with van der Waals surface area (Å²) >= 11 is 0. The highest BCUT2D eigenvalue weighted by Crippen LogP contribution is 2.20. The zero-order chi connectivity index (χ0) is 14.5. The van der Waals surface area contributed by atoms with Gasteiger partial charge in [-0.05, 0) is 30.2 Å². The number of methoxy groups -OCH3 is 1. The highest BCUT2D eigenvalue weighted by Gasteiger charge is 2.14. The maximum atomic E-state index is 10.6. The van der Waals surface area contributed by atoms with Gasteiger partial charge >= 0.3 is 5.97 Å². The highest BCUT2D eigenvalue weighted by molar-refractivity contribution is 5.67. The van der Waals surface area contributed by atoms with Gasteiger partial charge in [0.1, 0.15) is 5.75 Å². The number of carboxylic acids is 1. The third-order valence-corrected chi connectivity index (χ3v) is 2.86. The van der Waals surface area contributed by atoms with Crippen LogP contribution in [-0.4, -0.2) is 28.3 Å². The molecule has 0 amide bonds. The van der Waals surface area contributed by atoms with Crippen molar-refractivity contribution in [2.75, 3.05) is 7.11 Å². The molecule has 0 spiro atoms. The number of rotatable bonds is 6. The zero-order valence-corrected chi connectivity index (χ0v) is 11.4. The largest absolute Gasteiger partial charge is 0.497 e. The normalized spacial score (nSPS) is 12.1. The molecule has 6 heteroatoms. The van der Waals surface area contributed by atoms with Crippen LogP contribution >= 0.6 is 0 Å². The maximum absolute atomic E-state index is 10.6. The molecule has 0 saturated heterocycles. The number of aliphatic carboxylic acids is 1. The molecule has 1 N–H and O–H groups in total. The number of benzene rings is 1. The van der Waals surface area contributed by atoms with Crippen molar-refractivity contribution in [3.8, 4) is 17.1 Å². The predicted molar refractivity (Wildman–Crippen MR) is 71.4 cm³/mol. The second-order valence-corrected chi connectivity index (χ2v) is 4.65. The Morgan fingerprint density at radius 3 is 2.70 bits per heavy atom. The second-order valence-electron chi connectivity index (χ2n) is 4.65. The van der Waals surface area contributed by atoms with Crippen molar-refractivity contribution < 1.29 is 19.2 Å². The first-order valence-corrected chi connectivity index (χ1v) is 6.27. The van der Waals surface area contributed by atoms with Crippen LogP contribution in [0.25, 0.3) is 11.4 Å². The molecule has 2 aromatic rings. The molecule has 20 heavy (non-hydrogen) atoms. The van der Waals surface area contributed by atoms with Crippen molar-refractivity contribution >= 4 is 5.97 Å². The number of aromatic nitrogens is 2. The van der Waals surface area contributed by atoms with E-state index in [1.165, 1.54) is 0 Å². The van der Waals surface area contributed by atoms with Crippen LogP contribution in [0.2, 0.25) is 0 Å². The van der Waals surface area contributed by atoms with E-state index < -0.39 is 5.97 Å². The summed E-state index contributed by atoms with van der Waals surface area (Å²) in [5.41, 5.74) is 0.826. The molecule has 1 heterocycles. The van der Waals surface area contributed by atoms with E-state index in [4.69, 9.17) is 14.4 Å². The number of ether oxygens (including phenoxy) is 1. The summed E-state index contributed by atoms with van der Waals surface area (Å²) in [6.45, 7) is 1.84. The lowest BCUT2D eigenvalue weighted by atomic mass is 10.0. The SMILES string of the molecule is COc1ccc(-c2noc(CC(C)CC(=O)O)n2)cc1. The number of nitrogens with zero attached hydrogens (tertiary/aromatic N) is 2. The van der Waals surface area contributed by atoms with E-state index in [1.807, 2.05) is 31.2 Å². The lowest BCUT2D eigenvalue weighted by Gasteiger charge is -2.03. The molecule has 0 saturated carbocycles. The Morgan fingerprint density at radius 2 is 2.10 bits per heavy atom. The average Bonchev–Trinajstić information content (AvgIpc) is 2.86. The zero-order valence-electron chi connectivity index (χ0n) is 11.4. The molecule has 0 bridgehead atoms. The molecule has 2 rings (SSSR count). The minimum absolute atomic E-state index is 0.0448. The number of hydrogen-bond donors (Lipinski definition) is 1. The van der Waals surface area contributed by atoms with Gasteiger partial charge in [-0.2, -0.15) is 4.98 Å². The van der Waals surface area contributed by atoms with Gasteiger partial charge in [0.2, 0.25) is 11.7 Å². The van der Waals surface area contributed by atoms with Gasteiger partial charge in [-0.1, -0.05) is 12.1 Å². The Hall–Kier alpha value is -2.37. The van der Waals surface area contributed by atoms with Gasteiger partial charge in [0.15, 0.2) is 0 Å². The fourth-order valence-corrected chi connectivity index (χ4v) is 1.86. The van der Waals surface area contributed by atoms with E-state index in [-0.39, 0.29) is 12.3 Å². The van der Waals surface area contributed by atoms with E-state index in [0.29, 0.717) is 18.1 Å². The van der Waals surface area contributed by atoms with E-state index in [9.17, 15) is 4.79 Å². The van der Waals surface area contributed by atoms with Gasteiger partial charge in [-0.3, -0.25) is 4.79 Å². The van der Waals surface area contributed by atoms with Gasteiger partial charge in [0.25, 0.3) is 0 Å². The van der Waals surface area contributed by atoms with E-state index in [2.05, 4.69) is 10.1 Å². The Kier molecular flexibility index (Phi) is 4.34. The molecule has 106 valence electrons. The molecule has 1 aromatic carbocycles. The van der Waals surface area contributed by atoms with Crippen LogP contribution in [0.15, 0.2) is 28.8 Å². The minimum Gasteiger partial charge on any atom is -0.497 e. The van der Waals surface area contributed by atoms with Crippen LogP contribution in [-0.2, 0) is 11.2 Å². The molecule has 1 aromatic heterocycles. The van der Waals surface area contributed by atoms with Crippen LogP contribution in [0.4, 0.5) is 0 Å². The smallest absolute Gasteiger partial charge is 0.303 e. The summed E-state index contributed by atoms with van der Waals surface area (Å²) in [4.78, 5) is 14.9. The van der Waals surface area contributed by atoms with Crippen molar-refractivity contribution in [3.05, 3.63) is 30.2 Å². The molecule has 0 radical (unpaired) electrons. The van der Waals surface area contributed by atoms with Gasteiger partial charge in [-0.25, -0.2) is 0 Å². The van der Waals surface area contributed by atoms with Crippen molar-refractivity contribution in [2.24, 2.45) is 5.92 Å². The lowest BCUT2D eigenvalue weighted by Crippen LogP contribution is -2.07. The Morgan fingerprint density at radius 1 is 1.40 bits per heavy atom. The Bertz CT molecular complexity index is 577. The van der Waals surface area contributed by atoms with E-state index in [0.717, 1.165) is 11.3 Å². The van der Waals surface area contributed by atoms with E-state index in [1.54, 1.807) is 7.11 Å². The first kappa shape index (κ1) is 14.0. The molecule has 1 atom stereocenters. The monoisotopic (exact) mass is 276 g/mol. The predicted octanol–water partition coefficient (Wildman–Crippen LogP) is 2.40. The summed E-state index contributed by atoms with van der Waals surface area (Å²) in [7, 11) is 1.60. The number of carbonyl (C=O) groups is 1. The van der Waals surface area contributed by atoms with Crippen molar-refractivity contribution in [1.29, 1.82) is 0 Å². The second kappa shape index (κ2) is 6.18. The average molecular weight is 276 g/mol. The van der Waals surface area contributed by atoms with E-state index >= 15 is 0 Å². The molecular formula is C14H16N2O4. The van der Waals surface area contributed by atoms with Crippen molar-refractivity contribution in [2.45, 2.75) is 19.8 Å². The highest BCUT2D eigenvalue weighted by atomic mass is 16.5. The number of carboxylic acid groups (broad SMARTS) is 1. The van der Waals surface area contributed by atoms with Crippen LogP contribution in [0.1, 0.15) is 19.2 Å². The molecular weight excluding hydrogens is 260 g/mol. The molecule has 0 fully saturated rings. The first-order valence-electron chi connectivity index (χ1n) is 6.27. The topological polar surface area (TPSA) is 85.5 Å². The van der Waals surface area contributed by atoms with Crippen molar-refractivity contribution in [3.63, 3.8) is 0 Å². The van der Waals surface area contributed by atoms with Gasteiger partial charge in [0.05, 0.1) is 7.11 Å². The Balaban J connectivity index is 2.06. The first-order chi connectivity index (χ1) is 9.58. The van der Waals surface area contributed by atoms with Crippen LogP contribution in [0.5, 0.6) is 5.75 Å². The number of hydrogen-bond acceptors (Lipinski definition) is 5. The van der Waals surface area contributed by atoms with Gasteiger partial charge in [-0.15, -0.1) is 0 Å². The van der Waals surface area contributed by atoms with Crippen LogP contribution in [0, 0.1) is 5.92 Å².